The van der Waals surface area contributed by atoms with Crippen LogP contribution in [0.4, 0.5) is 13.2 Å². The number of nitrogens with zero attached hydrogens (tertiary/aromatic N) is 1. The molecular formula is C10H11F3N2OS. The molecule has 0 aliphatic carbocycles. The fourth-order valence-corrected chi connectivity index (χ4v) is 1.61. The standard InChI is InChI=1S/C10H11F3N2OS/c1-5-3-7(16-4-10(11,12)13)8(9(14)17)6(2)15-5/h3H,4H2,1-2H3,(H2,14,17). The maximum absolute atomic E-state index is 12.1. The number of ether oxygens (including phenoxy) is 1. The summed E-state index contributed by atoms with van der Waals surface area (Å²) < 4.78 is 40.9. The van der Waals surface area contributed by atoms with Gasteiger partial charge in [-0.2, -0.15) is 13.2 Å². The zero-order valence-electron chi connectivity index (χ0n) is 9.26. The van der Waals surface area contributed by atoms with E-state index in [2.05, 4.69) is 4.98 Å². The molecule has 2 N–H and O–H groups in total. The fraction of sp³-hybridized carbons (Fsp3) is 0.400. The summed E-state index contributed by atoms with van der Waals surface area (Å²) in [4.78, 5) is 4.04. The summed E-state index contributed by atoms with van der Waals surface area (Å²) in [5.41, 5.74) is 6.67. The quantitative estimate of drug-likeness (QED) is 0.851. The summed E-state index contributed by atoms with van der Waals surface area (Å²) >= 11 is 4.76. The van der Waals surface area contributed by atoms with Gasteiger partial charge in [0.15, 0.2) is 6.61 Å². The first-order valence-electron chi connectivity index (χ1n) is 4.68. The second-order valence-electron chi connectivity index (χ2n) is 3.49. The maximum Gasteiger partial charge on any atom is 0.422 e. The van der Waals surface area contributed by atoms with Crippen molar-refractivity contribution in [3.05, 3.63) is 23.0 Å². The van der Waals surface area contributed by atoms with E-state index in [1.54, 1.807) is 13.8 Å². The van der Waals surface area contributed by atoms with Crippen molar-refractivity contribution in [2.75, 3.05) is 6.61 Å². The largest absolute Gasteiger partial charge is 0.483 e. The number of aryl methyl sites for hydroxylation is 2. The lowest BCUT2D eigenvalue weighted by Crippen LogP contribution is -2.22. The van der Waals surface area contributed by atoms with Crippen molar-refractivity contribution < 1.29 is 17.9 Å². The molecule has 3 nitrogen and oxygen atoms in total. The number of hydrogen-bond donors (Lipinski definition) is 1. The van der Waals surface area contributed by atoms with Crippen molar-refractivity contribution >= 4 is 17.2 Å². The average Bonchev–Trinajstić information content (AvgIpc) is 2.11. The van der Waals surface area contributed by atoms with E-state index < -0.39 is 12.8 Å². The number of hydrogen-bond acceptors (Lipinski definition) is 3. The Morgan fingerprint density at radius 1 is 1.47 bits per heavy atom. The maximum atomic E-state index is 12.1. The molecule has 1 aromatic heterocycles. The van der Waals surface area contributed by atoms with Gasteiger partial charge >= 0.3 is 6.18 Å². The molecule has 0 amide bonds. The number of rotatable bonds is 3. The van der Waals surface area contributed by atoms with Gasteiger partial charge in [0.1, 0.15) is 10.7 Å². The molecule has 1 aromatic rings. The number of thiocarbonyl (C=S) groups is 1. The second-order valence-corrected chi connectivity index (χ2v) is 3.93. The smallest absolute Gasteiger partial charge is 0.422 e. The summed E-state index contributed by atoms with van der Waals surface area (Å²) in [5, 5.41) is 0. The molecular weight excluding hydrogens is 253 g/mol. The van der Waals surface area contributed by atoms with Gasteiger partial charge in [0.25, 0.3) is 0 Å². The van der Waals surface area contributed by atoms with E-state index in [0.717, 1.165) is 0 Å². The predicted molar refractivity (Wildman–Crippen MR) is 61.1 cm³/mol. The van der Waals surface area contributed by atoms with Crippen LogP contribution in [0.5, 0.6) is 5.75 Å². The molecule has 0 atom stereocenters. The van der Waals surface area contributed by atoms with E-state index in [-0.39, 0.29) is 16.3 Å². The van der Waals surface area contributed by atoms with Gasteiger partial charge < -0.3 is 10.5 Å². The summed E-state index contributed by atoms with van der Waals surface area (Å²) in [6, 6.07) is 1.38. The van der Waals surface area contributed by atoms with Crippen molar-refractivity contribution in [3.8, 4) is 5.75 Å². The zero-order chi connectivity index (χ0) is 13.2. The van der Waals surface area contributed by atoms with Gasteiger partial charge in [-0.15, -0.1) is 0 Å². The summed E-state index contributed by atoms with van der Waals surface area (Å²) in [6.07, 6.45) is -4.40. The van der Waals surface area contributed by atoms with Crippen molar-refractivity contribution in [2.24, 2.45) is 5.73 Å². The molecule has 7 heteroatoms. The minimum atomic E-state index is -4.40. The van der Waals surface area contributed by atoms with Gasteiger partial charge in [-0.05, 0) is 13.8 Å². The van der Waals surface area contributed by atoms with Gasteiger partial charge in [-0.1, -0.05) is 12.2 Å². The highest BCUT2D eigenvalue weighted by Crippen LogP contribution is 2.24. The van der Waals surface area contributed by atoms with Gasteiger partial charge in [0, 0.05) is 11.8 Å². The van der Waals surface area contributed by atoms with Gasteiger partial charge in [0.05, 0.1) is 11.3 Å². The SMILES string of the molecule is Cc1cc(OCC(F)(F)F)c(C(N)=S)c(C)n1. The van der Waals surface area contributed by atoms with E-state index in [9.17, 15) is 13.2 Å². The predicted octanol–water partition coefficient (Wildman–Crippen LogP) is 2.27. The Bertz CT molecular complexity index is 446. The summed E-state index contributed by atoms with van der Waals surface area (Å²) in [6.45, 7) is 1.88. The summed E-state index contributed by atoms with van der Waals surface area (Å²) in [7, 11) is 0. The van der Waals surface area contributed by atoms with Gasteiger partial charge in [-0.25, -0.2) is 0 Å². The van der Waals surface area contributed by atoms with E-state index in [0.29, 0.717) is 11.4 Å². The first kappa shape index (κ1) is 13.7. The Morgan fingerprint density at radius 3 is 2.53 bits per heavy atom. The van der Waals surface area contributed by atoms with Crippen molar-refractivity contribution in [3.63, 3.8) is 0 Å². The average molecular weight is 264 g/mol. The lowest BCUT2D eigenvalue weighted by molar-refractivity contribution is -0.153. The third-order valence-corrected chi connectivity index (χ3v) is 2.13. The van der Waals surface area contributed by atoms with E-state index in [4.69, 9.17) is 22.7 Å². The third-order valence-electron chi connectivity index (χ3n) is 1.93. The molecule has 1 heterocycles. The molecule has 0 aliphatic rings. The number of pyridine rings is 1. The Labute approximate surface area is 102 Å². The number of halogens is 3. The number of aromatic nitrogens is 1. The Morgan fingerprint density at radius 2 is 2.06 bits per heavy atom. The van der Waals surface area contributed by atoms with E-state index >= 15 is 0 Å². The molecule has 0 fully saturated rings. The van der Waals surface area contributed by atoms with Crippen LogP contribution in [0.25, 0.3) is 0 Å². The van der Waals surface area contributed by atoms with Crippen molar-refractivity contribution in [2.45, 2.75) is 20.0 Å². The highest BCUT2D eigenvalue weighted by molar-refractivity contribution is 7.80. The van der Waals surface area contributed by atoms with Crippen LogP contribution in [-0.4, -0.2) is 22.8 Å². The molecule has 0 spiro atoms. The van der Waals surface area contributed by atoms with Crippen LogP contribution in [0.15, 0.2) is 6.07 Å². The van der Waals surface area contributed by atoms with Crippen LogP contribution in [-0.2, 0) is 0 Å². The first-order chi connectivity index (χ1) is 7.70. The lowest BCUT2D eigenvalue weighted by Gasteiger charge is -2.14. The second kappa shape index (κ2) is 4.87. The van der Waals surface area contributed by atoms with Gasteiger partial charge in [-0.3, -0.25) is 4.98 Å². The topological polar surface area (TPSA) is 48.1 Å². The third kappa shape index (κ3) is 3.85. The molecule has 17 heavy (non-hydrogen) atoms. The first-order valence-corrected chi connectivity index (χ1v) is 5.09. The van der Waals surface area contributed by atoms with E-state index in [1.807, 2.05) is 0 Å². The van der Waals surface area contributed by atoms with Crippen LogP contribution in [0.1, 0.15) is 17.0 Å². The Hall–Kier alpha value is -1.37. The molecule has 0 unspecified atom stereocenters. The van der Waals surface area contributed by atoms with E-state index in [1.165, 1.54) is 6.07 Å². The molecule has 0 saturated carbocycles. The number of nitrogens with two attached hydrogens (primary N) is 1. The molecule has 0 aliphatic heterocycles. The molecule has 0 saturated heterocycles. The highest BCUT2D eigenvalue weighted by atomic mass is 32.1. The van der Waals surface area contributed by atoms with Gasteiger partial charge in [0.2, 0.25) is 0 Å². The minimum absolute atomic E-state index is 0.0137. The Balaban J connectivity index is 3.09. The van der Waals surface area contributed by atoms with Crippen molar-refractivity contribution in [1.29, 1.82) is 0 Å². The molecule has 0 aromatic carbocycles. The normalized spacial score (nSPS) is 11.4. The van der Waals surface area contributed by atoms with Crippen LogP contribution in [0.3, 0.4) is 0 Å². The molecule has 1 rings (SSSR count). The number of alkyl halides is 3. The van der Waals surface area contributed by atoms with Crippen LogP contribution >= 0.6 is 12.2 Å². The molecule has 0 bridgehead atoms. The zero-order valence-corrected chi connectivity index (χ0v) is 10.1. The fourth-order valence-electron chi connectivity index (χ4n) is 1.37. The summed E-state index contributed by atoms with van der Waals surface area (Å²) in [5.74, 6) is 0.0137. The Kier molecular flexibility index (Phi) is 3.92. The van der Waals surface area contributed by atoms with Crippen LogP contribution in [0, 0.1) is 13.8 Å². The highest BCUT2D eigenvalue weighted by Gasteiger charge is 2.29. The molecule has 0 radical (unpaired) electrons. The lowest BCUT2D eigenvalue weighted by atomic mass is 10.1. The van der Waals surface area contributed by atoms with Crippen molar-refractivity contribution in [1.82, 2.24) is 4.98 Å². The minimum Gasteiger partial charge on any atom is -0.483 e. The van der Waals surface area contributed by atoms with Crippen LogP contribution in [0.2, 0.25) is 0 Å². The molecule has 94 valence electrons. The van der Waals surface area contributed by atoms with Crippen LogP contribution < -0.4 is 10.5 Å². The monoisotopic (exact) mass is 264 g/mol.